The summed E-state index contributed by atoms with van der Waals surface area (Å²) in [6, 6.07) is 4.49. The number of hydrogen-bond donors (Lipinski definition) is 2. The van der Waals surface area contributed by atoms with Crippen LogP contribution in [0.15, 0.2) is 24.3 Å². The number of nitrogens with zero attached hydrogens (tertiary/aromatic N) is 1. The van der Waals surface area contributed by atoms with Crippen molar-refractivity contribution >= 4 is 17.5 Å². The molecular weight excluding hydrogens is 369 g/mol. The third-order valence-electron chi connectivity index (χ3n) is 3.07. The van der Waals surface area contributed by atoms with E-state index in [2.05, 4.69) is 0 Å². The summed E-state index contributed by atoms with van der Waals surface area (Å²) in [6.45, 7) is 0. The molecule has 12 heteroatoms. The number of nitro benzene ring substituents is 1. The normalized spacial score (nSPS) is 10.3. The van der Waals surface area contributed by atoms with Gasteiger partial charge in [0.15, 0.2) is 23.3 Å². The van der Waals surface area contributed by atoms with Crippen molar-refractivity contribution in [1.29, 1.82) is 0 Å². The minimum absolute atomic E-state index is 0.518. The Morgan fingerprint density at radius 2 is 1.27 bits per heavy atom. The molecule has 2 rings (SSSR count). The molecule has 0 atom stereocenters. The minimum atomic E-state index is -2.46. The predicted molar refractivity (Wildman–Crippen MR) is 74.3 cm³/mol. The Morgan fingerprint density at radius 3 is 1.81 bits per heavy atom. The molecular formula is C14H6F5N3O4. The summed E-state index contributed by atoms with van der Waals surface area (Å²) >= 11 is 0. The number of rotatable bonds is 3. The molecule has 7 nitrogen and oxygen atoms in total. The van der Waals surface area contributed by atoms with Gasteiger partial charge in [0.1, 0.15) is 11.1 Å². The van der Waals surface area contributed by atoms with E-state index in [1.807, 2.05) is 0 Å². The maximum atomic E-state index is 13.5. The first-order chi connectivity index (χ1) is 12.2. The van der Waals surface area contributed by atoms with Crippen LogP contribution < -0.4 is 10.9 Å². The molecule has 0 aliphatic carbocycles. The second kappa shape index (κ2) is 7.13. The third-order valence-corrected chi connectivity index (χ3v) is 3.07. The van der Waals surface area contributed by atoms with Gasteiger partial charge in [-0.1, -0.05) is 12.1 Å². The molecule has 0 heterocycles. The highest BCUT2D eigenvalue weighted by Gasteiger charge is 2.30. The number of nitro groups is 1. The Labute approximate surface area is 140 Å². The number of hydrogen-bond acceptors (Lipinski definition) is 4. The zero-order valence-corrected chi connectivity index (χ0v) is 12.3. The zero-order valence-electron chi connectivity index (χ0n) is 12.3. The highest BCUT2D eigenvalue weighted by atomic mass is 19.2. The molecule has 0 saturated carbocycles. The average Bonchev–Trinajstić information content (AvgIpc) is 2.62. The topological polar surface area (TPSA) is 101 Å². The second-order valence-corrected chi connectivity index (χ2v) is 4.63. The van der Waals surface area contributed by atoms with Crippen molar-refractivity contribution < 1.29 is 36.5 Å². The molecule has 0 unspecified atom stereocenters. The molecule has 2 aromatic carbocycles. The molecule has 2 amide bonds. The van der Waals surface area contributed by atoms with Crippen molar-refractivity contribution in [1.82, 2.24) is 10.9 Å². The summed E-state index contributed by atoms with van der Waals surface area (Å²) < 4.78 is 66.0. The van der Waals surface area contributed by atoms with E-state index in [4.69, 9.17) is 0 Å². The molecule has 0 fully saturated rings. The van der Waals surface area contributed by atoms with Crippen LogP contribution in [0, 0.1) is 39.2 Å². The van der Waals surface area contributed by atoms with E-state index in [1.54, 1.807) is 5.43 Å². The first-order valence-electron chi connectivity index (χ1n) is 6.52. The van der Waals surface area contributed by atoms with Crippen LogP contribution in [0.5, 0.6) is 0 Å². The van der Waals surface area contributed by atoms with E-state index in [0.29, 0.717) is 0 Å². The number of hydrazine groups is 1. The van der Waals surface area contributed by atoms with Crippen LogP contribution in [0.1, 0.15) is 20.7 Å². The number of carbonyl (C=O) groups excluding carboxylic acids is 2. The van der Waals surface area contributed by atoms with Crippen molar-refractivity contribution in [2.75, 3.05) is 0 Å². The van der Waals surface area contributed by atoms with Gasteiger partial charge in [-0.25, -0.2) is 22.0 Å². The molecule has 0 spiro atoms. The summed E-state index contributed by atoms with van der Waals surface area (Å²) in [4.78, 5) is 33.4. The number of para-hydroxylation sites is 1. The van der Waals surface area contributed by atoms with Crippen LogP contribution in [0.4, 0.5) is 27.6 Å². The molecule has 2 N–H and O–H groups in total. The smallest absolute Gasteiger partial charge is 0.267 e. The van der Waals surface area contributed by atoms with E-state index in [-0.39, 0.29) is 0 Å². The van der Waals surface area contributed by atoms with Crippen LogP contribution in [-0.4, -0.2) is 16.7 Å². The summed E-state index contributed by atoms with van der Waals surface area (Å²) in [5, 5.41) is 10.8. The number of amides is 2. The summed E-state index contributed by atoms with van der Waals surface area (Å²) in [5.41, 5.74) is 0.0168. The molecule has 2 aromatic rings. The number of halogens is 5. The van der Waals surface area contributed by atoms with Gasteiger partial charge in [-0.3, -0.25) is 30.6 Å². The zero-order chi connectivity index (χ0) is 19.6. The largest absolute Gasteiger partial charge is 0.282 e. The lowest BCUT2D eigenvalue weighted by atomic mass is 10.1. The molecule has 0 saturated heterocycles. The lowest BCUT2D eigenvalue weighted by Crippen LogP contribution is -2.42. The second-order valence-electron chi connectivity index (χ2n) is 4.63. The highest BCUT2D eigenvalue weighted by molar-refractivity contribution is 6.01. The van der Waals surface area contributed by atoms with E-state index >= 15 is 0 Å². The van der Waals surface area contributed by atoms with Gasteiger partial charge in [0.25, 0.3) is 17.5 Å². The van der Waals surface area contributed by atoms with E-state index in [1.165, 1.54) is 17.6 Å². The van der Waals surface area contributed by atoms with Crippen LogP contribution in [0.25, 0.3) is 0 Å². The lowest BCUT2D eigenvalue weighted by Gasteiger charge is -2.10. The fourth-order valence-electron chi connectivity index (χ4n) is 1.87. The predicted octanol–water partition coefficient (Wildman–Crippen LogP) is 2.37. The van der Waals surface area contributed by atoms with Crippen molar-refractivity contribution in [3.8, 4) is 0 Å². The van der Waals surface area contributed by atoms with Gasteiger partial charge in [0.2, 0.25) is 5.82 Å². The molecule has 0 bridgehead atoms. The van der Waals surface area contributed by atoms with Gasteiger partial charge in [-0.2, -0.15) is 0 Å². The van der Waals surface area contributed by atoms with Gasteiger partial charge in [-0.05, 0) is 6.07 Å². The number of benzene rings is 2. The standard InChI is InChI=1S/C14H6F5N3O4/c15-8-7(9(16)11(18)12(19)10(8)17)14(24)21-20-13(23)5-3-1-2-4-6(5)22(25)26/h1-4H,(H,20,23)(H,21,24). The monoisotopic (exact) mass is 375 g/mol. The maximum absolute atomic E-state index is 13.5. The molecule has 0 radical (unpaired) electrons. The van der Waals surface area contributed by atoms with E-state index in [9.17, 15) is 41.7 Å². The summed E-state index contributed by atoms with van der Waals surface area (Å²) in [6.07, 6.45) is 0. The maximum Gasteiger partial charge on any atom is 0.282 e. The fourth-order valence-corrected chi connectivity index (χ4v) is 1.87. The quantitative estimate of drug-likeness (QED) is 0.283. The Hall–Kier alpha value is -3.57. The fraction of sp³-hybridized carbons (Fsp3) is 0. The first kappa shape index (κ1) is 18.8. The van der Waals surface area contributed by atoms with Crippen LogP contribution in [-0.2, 0) is 0 Å². The first-order valence-corrected chi connectivity index (χ1v) is 6.52. The Bertz CT molecular complexity index is 906. The Kier molecular flexibility index (Phi) is 5.14. The van der Waals surface area contributed by atoms with Crippen molar-refractivity contribution in [3.05, 3.63) is 74.6 Å². The summed E-state index contributed by atoms with van der Waals surface area (Å²) in [5.74, 6) is -15.1. The molecule has 0 aromatic heterocycles. The Balaban J connectivity index is 2.26. The van der Waals surface area contributed by atoms with Gasteiger partial charge >= 0.3 is 0 Å². The number of nitrogens with one attached hydrogen (secondary N) is 2. The molecule has 0 aliphatic rings. The van der Waals surface area contributed by atoms with Gasteiger partial charge in [0.05, 0.1) is 4.92 Å². The van der Waals surface area contributed by atoms with Gasteiger partial charge in [-0.15, -0.1) is 0 Å². The van der Waals surface area contributed by atoms with E-state index in [0.717, 1.165) is 12.1 Å². The summed E-state index contributed by atoms with van der Waals surface area (Å²) in [7, 11) is 0. The minimum Gasteiger partial charge on any atom is -0.267 e. The van der Waals surface area contributed by atoms with Crippen LogP contribution in [0.3, 0.4) is 0 Å². The molecule has 0 aliphatic heterocycles. The third kappa shape index (κ3) is 3.29. The molecule has 136 valence electrons. The van der Waals surface area contributed by atoms with E-state index < -0.39 is 62.6 Å². The van der Waals surface area contributed by atoms with Gasteiger partial charge < -0.3 is 0 Å². The van der Waals surface area contributed by atoms with Crippen molar-refractivity contribution in [2.45, 2.75) is 0 Å². The van der Waals surface area contributed by atoms with Crippen molar-refractivity contribution in [3.63, 3.8) is 0 Å². The van der Waals surface area contributed by atoms with Crippen LogP contribution in [0.2, 0.25) is 0 Å². The SMILES string of the molecule is O=C(NNC(=O)c1c(F)c(F)c(F)c(F)c1F)c1ccccc1[N+](=O)[O-]. The van der Waals surface area contributed by atoms with Crippen molar-refractivity contribution in [2.24, 2.45) is 0 Å². The van der Waals surface area contributed by atoms with Crippen LogP contribution >= 0.6 is 0 Å². The molecule has 26 heavy (non-hydrogen) atoms. The Morgan fingerprint density at radius 1 is 0.808 bits per heavy atom. The lowest BCUT2D eigenvalue weighted by molar-refractivity contribution is -0.385. The number of carbonyl (C=O) groups is 2. The van der Waals surface area contributed by atoms with Gasteiger partial charge in [0, 0.05) is 6.07 Å². The highest BCUT2D eigenvalue weighted by Crippen LogP contribution is 2.23. The average molecular weight is 375 g/mol.